The number of hydrogen-bond donors (Lipinski definition) is 1. The molecule has 0 bridgehead atoms. The molecular formula is C13H16N4O3S2. The Hall–Kier alpha value is -1.55. The number of hydrogen-bond acceptors (Lipinski definition) is 7. The molecule has 1 aliphatic heterocycles. The summed E-state index contributed by atoms with van der Waals surface area (Å²) in [5, 5.41) is 9.08. The molecule has 0 amide bonds. The van der Waals surface area contributed by atoms with Crippen LogP contribution in [-0.2, 0) is 16.6 Å². The molecule has 0 radical (unpaired) electrons. The first-order valence-electron chi connectivity index (χ1n) is 6.73. The van der Waals surface area contributed by atoms with Gasteiger partial charge in [0.15, 0.2) is 0 Å². The lowest BCUT2D eigenvalue weighted by Gasteiger charge is -2.38. The van der Waals surface area contributed by atoms with Crippen LogP contribution in [-0.4, -0.2) is 48.6 Å². The van der Waals surface area contributed by atoms with Crippen LogP contribution in [0.25, 0.3) is 0 Å². The molecule has 2 aromatic rings. The monoisotopic (exact) mass is 340 g/mol. The van der Waals surface area contributed by atoms with Gasteiger partial charge in [0.2, 0.25) is 10.0 Å². The summed E-state index contributed by atoms with van der Waals surface area (Å²) in [5.41, 5.74) is 0.876. The molecule has 3 rings (SSSR count). The first kappa shape index (κ1) is 15.3. The Balaban J connectivity index is 1.56. The van der Waals surface area contributed by atoms with E-state index in [1.165, 1.54) is 15.8 Å². The van der Waals surface area contributed by atoms with Crippen LogP contribution in [0.5, 0.6) is 5.75 Å². The largest absolute Gasteiger partial charge is 0.497 e. The molecule has 1 N–H and O–H groups in total. The lowest BCUT2D eigenvalue weighted by Crippen LogP contribution is -2.59. The minimum Gasteiger partial charge on any atom is -0.497 e. The van der Waals surface area contributed by atoms with Crippen molar-refractivity contribution in [3.05, 3.63) is 35.3 Å². The normalized spacial score (nSPS) is 16.4. The standard InChI is InChI=1S/C13H16N4O3S2/c1-20-12-2-4-13(5-3-12)22(18,19)17-7-11(8-17)14-6-10-9-21-16-15-10/h2-5,9,11,14H,6-8H2,1H3. The van der Waals surface area contributed by atoms with Gasteiger partial charge in [0.1, 0.15) is 5.75 Å². The fourth-order valence-electron chi connectivity index (χ4n) is 2.17. The van der Waals surface area contributed by atoms with E-state index in [1.807, 2.05) is 5.38 Å². The Labute approximate surface area is 133 Å². The van der Waals surface area contributed by atoms with Gasteiger partial charge in [-0.25, -0.2) is 8.42 Å². The second-order valence-corrected chi connectivity index (χ2v) is 7.52. The maximum atomic E-state index is 12.4. The summed E-state index contributed by atoms with van der Waals surface area (Å²) in [4.78, 5) is 0.287. The van der Waals surface area contributed by atoms with Crippen molar-refractivity contribution in [2.24, 2.45) is 0 Å². The van der Waals surface area contributed by atoms with E-state index in [4.69, 9.17) is 4.74 Å². The Bertz CT molecular complexity index is 710. The fraction of sp³-hybridized carbons (Fsp3) is 0.385. The van der Waals surface area contributed by atoms with E-state index < -0.39 is 10.0 Å². The molecule has 1 saturated heterocycles. The minimum atomic E-state index is -3.42. The van der Waals surface area contributed by atoms with Crippen LogP contribution in [0.15, 0.2) is 34.5 Å². The Kier molecular flexibility index (Phi) is 4.39. The number of benzene rings is 1. The van der Waals surface area contributed by atoms with Crippen LogP contribution in [0.4, 0.5) is 0 Å². The molecule has 0 aliphatic carbocycles. The average molecular weight is 340 g/mol. The minimum absolute atomic E-state index is 0.148. The third kappa shape index (κ3) is 3.12. The zero-order valence-electron chi connectivity index (χ0n) is 12.0. The predicted octanol–water partition coefficient (Wildman–Crippen LogP) is 0.709. The van der Waals surface area contributed by atoms with E-state index in [9.17, 15) is 8.42 Å². The number of aromatic nitrogens is 2. The molecule has 7 nitrogen and oxygen atoms in total. The van der Waals surface area contributed by atoms with E-state index in [0.717, 1.165) is 5.69 Å². The lowest BCUT2D eigenvalue weighted by molar-refractivity contribution is 0.225. The summed E-state index contributed by atoms with van der Waals surface area (Å²) in [6.45, 7) is 1.54. The highest BCUT2D eigenvalue weighted by Gasteiger charge is 2.36. The predicted molar refractivity (Wildman–Crippen MR) is 82.3 cm³/mol. The van der Waals surface area contributed by atoms with Crippen molar-refractivity contribution in [1.29, 1.82) is 0 Å². The van der Waals surface area contributed by atoms with E-state index in [2.05, 4.69) is 14.9 Å². The molecule has 0 saturated carbocycles. The van der Waals surface area contributed by atoms with Gasteiger partial charge in [0.05, 0.1) is 17.7 Å². The zero-order valence-corrected chi connectivity index (χ0v) is 13.6. The smallest absolute Gasteiger partial charge is 0.243 e. The second-order valence-electron chi connectivity index (χ2n) is 4.97. The highest BCUT2D eigenvalue weighted by molar-refractivity contribution is 7.89. The number of methoxy groups -OCH3 is 1. The van der Waals surface area contributed by atoms with Crippen molar-refractivity contribution in [1.82, 2.24) is 19.2 Å². The average Bonchev–Trinajstić information content (AvgIpc) is 2.99. The van der Waals surface area contributed by atoms with Crippen molar-refractivity contribution in [3.63, 3.8) is 0 Å². The molecule has 0 unspecified atom stereocenters. The first-order chi connectivity index (χ1) is 10.6. The molecule has 1 fully saturated rings. The summed E-state index contributed by atoms with van der Waals surface area (Å²) < 4.78 is 35.1. The van der Waals surface area contributed by atoms with Crippen LogP contribution in [0.2, 0.25) is 0 Å². The molecule has 22 heavy (non-hydrogen) atoms. The molecule has 2 heterocycles. The number of nitrogens with one attached hydrogen (secondary N) is 1. The molecule has 0 atom stereocenters. The lowest BCUT2D eigenvalue weighted by atomic mass is 10.2. The zero-order chi connectivity index (χ0) is 15.6. The van der Waals surface area contributed by atoms with Gasteiger partial charge in [0, 0.05) is 31.1 Å². The van der Waals surface area contributed by atoms with Crippen molar-refractivity contribution in [3.8, 4) is 5.75 Å². The van der Waals surface area contributed by atoms with Gasteiger partial charge in [-0.3, -0.25) is 0 Å². The van der Waals surface area contributed by atoms with Crippen LogP contribution in [0.3, 0.4) is 0 Å². The van der Waals surface area contributed by atoms with E-state index in [-0.39, 0.29) is 10.9 Å². The Morgan fingerprint density at radius 2 is 2.09 bits per heavy atom. The highest BCUT2D eigenvalue weighted by atomic mass is 32.2. The van der Waals surface area contributed by atoms with Gasteiger partial charge in [0.25, 0.3) is 0 Å². The van der Waals surface area contributed by atoms with Gasteiger partial charge in [-0.1, -0.05) is 4.49 Å². The first-order valence-corrected chi connectivity index (χ1v) is 9.01. The van der Waals surface area contributed by atoms with E-state index in [1.54, 1.807) is 31.4 Å². The summed E-state index contributed by atoms with van der Waals surface area (Å²) in [5.74, 6) is 0.638. The number of nitrogens with zero attached hydrogens (tertiary/aromatic N) is 3. The third-order valence-electron chi connectivity index (χ3n) is 3.52. The second kappa shape index (κ2) is 6.29. The van der Waals surface area contributed by atoms with Crippen molar-refractivity contribution in [2.75, 3.05) is 20.2 Å². The highest BCUT2D eigenvalue weighted by Crippen LogP contribution is 2.23. The van der Waals surface area contributed by atoms with E-state index in [0.29, 0.717) is 25.4 Å². The van der Waals surface area contributed by atoms with Crippen LogP contribution in [0.1, 0.15) is 5.69 Å². The van der Waals surface area contributed by atoms with Crippen molar-refractivity contribution >= 4 is 21.6 Å². The van der Waals surface area contributed by atoms with Gasteiger partial charge in [-0.05, 0) is 35.8 Å². The van der Waals surface area contributed by atoms with Crippen LogP contribution in [0, 0.1) is 0 Å². The number of sulfonamides is 1. The molecule has 1 aliphatic rings. The van der Waals surface area contributed by atoms with Gasteiger partial charge in [-0.15, -0.1) is 5.10 Å². The van der Waals surface area contributed by atoms with Gasteiger partial charge < -0.3 is 10.1 Å². The summed E-state index contributed by atoms with van der Waals surface area (Å²) in [6, 6.07) is 6.58. The summed E-state index contributed by atoms with van der Waals surface area (Å²) in [7, 11) is -1.87. The van der Waals surface area contributed by atoms with Crippen LogP contribution >= 0.6 is 11.5 Å². The quantitative estimate of drug-likeness (QED) is 0.834. The summed E-state index contributed by atoms with van der Waals surface area (Å²) in [6.07, 6.45) is 0. The third-order valence-corrected chi connectivity index (χ3v) is 5.92. The summed E-state index contributed by atoms with van der Waals surface area (Å²) >= 11 is 1.30. The van der Waals surface area contributed by atoms with Gasteiger partial charge >= 0.3 is 0 Å². The van der Waals surface area contributed by atoms with Gasteiger partial charge in [-0.2, -0.15) is 4.31 Å². The molecule has 9 heteroatoms. The topological polar surface area (TPSA) is 84.4 Å². The Morgan fingerprint density at radius 3 is 2.68 bits per heavy atom. The molecule has 1 aromatic carbocycles. The molecule has 1 aromatic heterocycles. The molecular weight excluding hydrogens is 324 g/mol. The van der Waals surface area contributed by atoms with Crippen molar-refractivity contribution in [2.45, 2.75) is 17.5 Å². The van der Waals surface area contributed by atoms with Crippen LogP contribution < -0.4 is 10.1 Å². The maximum Gasteiger partial charge on any atom is 0.243 e. The SMILES string of the molecule is COc1ccc(S(=O)(=O)N2CC(NCc3csnn3)C2)cc1. The van der Waals surface area contributed by atoms with Crippen molar-refractivity contribution < 1.29 is 13.2 Å². The molecule has 0 spiro atoms. The van der Waals surface area contributed by atoms with E-state index >= 15 is 0 Å². The maximum absolute atomic E-state index is 12.4. The Morgan fingerprint density at radius 1 is 1.36 bits per heavy atom. The number of ether oxygens (including phenoxy) is 1. The molecule has 118 valence electrons. The fourth-order valence-corrected chi connectivity index (χ4v) is 4.15. The number of rotatable bonds is 6.